The SMILES string of the molecule is Fc1cnc(N2CC3(C[C@H](OCc4cccnc4)CCO3)C2)nc1. The Hall–Kier alpha value is -2.12. The molecule has 0 aliphatic carbocycles. The minimum Gasteiger partial charge on any atom is -0.373 e. The van der Waals surface area contributed by atoms with Crippen molar-refractivity contribution in [2.75, 3.05) is 24.6 Å². The fraction of sp³-hybridized carbons (Fsp3) is 0.471. The van der Waals surface area contributed by atoms with E-state index in [0.29, 0.717) is 32.3 Å². The first-order valence-corrected chi connectivity index (χ1v) is 8.09. The van der Waals surface area contributed by atoms with Crippen molar-refractivity contribution in [1.82, 2.24) is 15.0 Å². The lowest BCUT2D eigenvalue weighted by Gasteiger charge is -2.52. The first kappa shape index (κ1) is 15.4. The van der Waals surface area contributed by atoms with E-state index in [1.165, 1.54) is 12.4 Å². The molecule has 0 radical (unpaired) electrons. The highest BCUT2D eigenvalue weighted by molar-refractivity contribution is 5.37. The molecule has 2 aromatic heterocycles. The Kier molecular flexibility index (Phi) is 4.12. The molecule has 0 aromatic carbocycles. The van der Waals surface area contributed by atoms with E-state index < -0.39 is 5.82 Å². The molecule has 2 aliphatic rings. The maximum Gasteiger partial charge on any atom is 0.225 e. The third-order valence-electron chi connectivity index (χ3n) is 4.50. The van der Waals surface area contributed by atoms with Crippen LogP contribution in [0.1, 0.15) is 18.4 Å². The van der Waals surface area contributed by atoms with Gasteiger partial charge in [0.1, 0.15) is 5.60 Å². The summed E-state index contributed by atoms with van der Waals surface area (Å²) in [5.74, 6) is 0.121. The molecular weight excluding hydrogens is 311 g/mol. The maximum absolute atomic E-state index is 12.9. The predicted molar refractivity (Wildman–Crippen MR) is 84.9 cm³/mol. The lowest BCUT2D eigenvalue weighted by atomic mass is 9.85. The van der Waals surface area contributed by atoms with E-state index in [9.17, 15) is 4.39 Å². The molecule has 1 spiro atoms. The molecule has 0 bridgehead atoms. The van der Waals surface area contributed by atoms with Gasteiger partial charge in [-0.1, -0.05) is 6.07 Å². The molecule has 0 unspecified atom stereocenters. The number of nitrogens with zero attached hydrogens (tertiary/aromatic N) is 4. The third kappa shape index (κ3) is 3.22. The largest absolute Gasteiger partial charge is 0.373 e. The normalized spacial score (nSPS) is 22.4. The highest BCUT2D eigenvalue weighted by atomic mass is 19.1. The molecule has 2 fully saturated rings. The summed E-state index contributed by atoms with van der Waals surface area (Å²) >= 11 is 0. The minimum atomic E-state index is -0.424. The molecule has 2 aliphatic heterocycles. The lowest BCUT2D eigenvalue weighted by molar-refractivity contribution is -0.148. The van der Waals surface area contributed by atoms with Crippen molar-refractivity contribution in [3.05, 3.63) is 48.3 Å². The number of aromatic nitrogens is 3. The van der Waals surface area contributed by atoms with Gasteiger partial charge in [0.2, 0.25) is 5.95 Å². The van der Waals surface area contributed by atoms with Crippen LogP contribution in [-0.2, 0) is 16.1 Å². The zero-order valence-corrected chi connectivity index (χ0v) is 13.3. The predicted octanol–water partition coefficient (Wildman–Crippen LogP) is 1.97. The molecule has 2 saturated heterocycles. The molecule has 1 atom stereocenters. The van der Waals surface area contributed by atoms with E-state index in [1.807, 2.05) is 23.2 Å². The van der Waals surface area contributed by atoms with Crippen molar-refractivity contribution in [2.24, 2.45) is 0 Å². The van der Waals surface area contributed by atoms with Crippen LogP contribution in [0.5, 0.6) is 0 Å². The molecular formula is C17H19FN4O2. The van der Waals surface area contributed by atoms with Gasteiger partial charge in [0.15, 0.2) is 5.82 Å². The summed E-state index contributed by atoms with van der Waals surface area (Å²) in [4.78, 5) is 14.1. The number of rotatable bonds is 4. The van der Waals surface area contributed by atoms with Gasteiger partial charge in [0, 0.05) is 25.4 Å². The summed E-state index contributed by atoms with van der Waals surface area (Å²) in [6.07, 6.45) is 7.89. The van der Waals surface area contributed by atoms with Crippen molar-refractivity contribution in [3.8, 4) is 0 Å². The second-order valence-electron chi connectivity index (χ2n) is 6.38. The van der Waals surface area contributed by atoms with Gasteiger partial charge in [-0.15, -0.1) is 0 Å². The van der Waals surface area contributed by atoms with Crippen LogP contribution in [0.15, 0.2) is 36.9 Å². The van der Waals surface area contributed by atoms with Gasteiger partial charge >= 0.3 is 0 Å². The van der Waals surface area contributed by atoms with Crippen LogP contribution in [0.2, 0.25) is 0 Å². The smallest absolute Gasteiger partial charge is 0.225 e. The quantitative estimate of drug-likeness (QED) is 0.854. The van der Waals surface area contributed by atoms with E-state index in [2.05, 4.69) is 15.0 Å². The Morgan fingerprint density at radius 3 is 2.88 bits per heavy atom. The van der Waals surface area contributed by atoms with Gasteiger partial charge < -0.3 is 14.4 Å². The topological polar surface area (TPSA) is 60.4 Å². The van der Waals surface area contributed by atoms with Crippen molar-refractivity contribution in [3.63, 3.8) is 0 Å². The van der Waals surface area contributed by atoms with Crippen LogP contribution in [0.3, 0.4) is 0 Å². The van der Waals surface area contributed by atoms with E-state index in [0.717, 1.165) is 18.4 Å². The molecule has 4 rings (SSSR count). The Bertz CT molecular complexity index is 677. The zero-order valence-electron chi connectivity index (χ0n) is 13.3. The number of ether oxygens (including phenoxy) is 2. The van der Waals surface area contributed by atoms with Gasteiger partial charge in [-0.2, -0.15) is 0 Å². The second kappa shape index (κ2) is 6.41. The van der Waals surface area contributed by atoms with Crippen LogP contribution >= 0.6 is 0 Å². The van der Waals surface area contributed by atoms with Crippen molar-refractivity contribution >= 4 is 5.95 Å². The fourth-order valence-electron chi connectivity index (χ4n) is 3.30. The van der Waals surface area contributed by atoms with Gasteiger partial charge in [-0.3, -0.25) is 4.98 Å². The van der Waals surface area contributed by atoms with Crippen molar-refractivity contribution in [2.45, 2.75) is 31.2 Å². The van der Waals surface area contributed by atoms with Gasteiger partial charge in [0.25, 0.3) is 0 Å². The van der Waals surface area contributed by atoms with Crippen LogP contribution in [0.25, 0.3) is 0 Å². The van der Waals surface area contributed by atoms with E-state index >= 15 is 0 Å². The number of halogens is 1. The zero-order chi connectivity index (χ0) is 16.4. The van der Waals surface area contributed by atoms with Gasteiger partial charge in [-0.25, -0.2) is 14.4 Å². The summed E-state index contributed by atoms with van der Waals surface area (Å²) < 4.78 is 24.9. The second-order valence-corrected chi connectivity index (χ2v) is 6.38. The molecule has 7 heteroatoms. The van der Waals surface area contributed by atoms with Gasteiger partial charge in [0.05, 0.1) is 38.2 Å². The summed E-state index contributed by atoms with van der Waals surface area (Å²) in [6, 6.07) is 3.93. The van der Waals surface area contributed by atoms with Gasteiger partial charge in [-0.05, 0) is 18.1 Å². The molecule has 2 aromatic rings. The van der Waals surface area contributed by atoms with Crippen molar-refractivity contribution in [1.29, 1.82) is 0 Å². The Morgan fingerprint density at radius 1 is 1.29 bits per heavy atom. The molecule has 0 saturated carbocycles. The van der Waals surface area contributed by atoms with Crippen LogP contribution in [-0.4, -0.2) is 46.4 Å². The third-order valence-corrected chi connectivity index (χ3v) is 4.50. The fourth-order valence-corrected chi connectivity index (χ4v) is 3.30. The average molecular weight is 330 g/mol. The standard InChI is InChI=1S/C17H19FN4O2/c18-14-8-20-16(21-9-14)22-11-17(12-22)6-15(3-5-24-17)23-10-13-2-1-4-19-7-13/h1-2,4,7-9,15H,3,5-6,10-12H2/t15-/m1/s1. The summed E-state index contributed by atoms with van der Waals surface area (Å²) in [7, 11) is 0. The number of hydrogen-bond acceptors (Lipinski definition) is 6. The van der Waals surface area contributed by atoms with Crippen LogP contribution in [0, 0.1) is 5.82 Å². The van der Waals surface area contributed by atoms with E-state index in [-0.39, 0.29) is 11.7 Å². The highest BCUT2D eigenvalue weighted by Crippen LogP contribution is 2.36. The minimum absolute atomic E-state index is 0.176. The molecule has 4 heterocycles. The number of anilines is 1. The lowest BCUT2D eigenvalue weighted by Crippen LogP contribution is -2.66. The molecule has 24 heavy (non-hydrogen) atoms. The van der Waals surface area contributed by atoms with E-state index in [1.54, 1.807) is 6.20 Å². The monoisotopic (exact) mass is 330 g/mol. The summed E-state index contributed by atoms with van der Waals surface area (Å²) in [6.45, 7) is 2.69. The molecule has 0 N–H and O–H groups in total. The van der Waals surface area contributed by atoms with Crippen molar-refractivity contribution < 1.29 is 13.9 Å². The first-order chi connectivity index (χ1) is 11.7. The number of pyridine rings is 1. The molecule has 6 nitrogen and oxygen atoms in total. The number of hydrogen-bond donors (Lipinski definition) is 0. The van der Waals surface area contributed by atoms with Crippen LogP contribution < -0.4 is 4.90 Å². The molecule has 126 valence electrons. The molecule has 0 amide bonds. The first-order valence-electron chi connectivity index (χ1n) is 8.09. The Morgan fingerprint density at radius 2 is 2.12 bits per heavy atom. The van der Waals surface area contributed by atoms with E-state index in [4.69, 9.17) is 9.47 Å². The Labute approximate surface area is 139 Å². The average Bonchev–Trinajstić information content (AvgIpc) is 2.60. The Balaban J connectivity index is 1.32. The summed E-state index contributed by atoms with van der Waals surface area (Å²) in [5.41, 5.74) is 0.878. The summed E-state index contributed by atoms with van der Waals surface area (Å²) in [5, 5.41) is 0. The maximum atomic E-state index is 12.9. The van der Waals surface area contributed by atoms with Crippen LogP contribution in [0.4, 0.5) is 10.3 Å². The highest BCUT2D eigenvalue weighted by Gasteiger charge is 2.48.